The van der Waals surface area contributed by atoms with Crippen LogP contribution in [0.25, 0.3) is 0 Å². The molecule has 0 aliphatic rings. The fraction of sp³-hybridized carbons (Fsp3) is 0.125. The average molecular weight is 304 g/mol. The number of benzene rings is 2. The van der Waals surface area contributed by atoms with Crippen LogP contribution in [0.4, 0.5) is 20.2 Å². The summed E-state index contributed by atoms with van der Waals surface area (Å²) in [6, 6.07) is 9.66. The minimum atomic E-state index is -0.825. The number of amides is 2. The molecule has 0 saturated carbocycles. The molecule has 0 bridgehead atoms. The summed E-state index contributed by atoms with van der Waals surface area (Å²) in [5, 5.41) is 5.00. The minimum absolute atomic E-state index is 0.0389. The highest BCUT2D eigenvalue weighted by Gasteiger charge is 2.09. The highest BCUT2D eigenvalue weighted by Crippen LogP contribution is 2.16. The molecule has 2 amide bonds. The third-order valence-corrected chi connectivity index (χ3v) is 2.84. The Morgan fingerprint density at radius 1 is 1.00 bits per heavy atom. The molecule has 0 aromatic heterocycles. The second-order valence-electron chi connectivity index (χ2n) is 4.73. The zero-order valence-corrected chi connectivity index (χ0v) is 11.8. The number of anilines is 2. The van der Waals surface area contributed by atoms with Crippen LogP contribution in [0.3, 0.4) is 0 Å². The molecule has 0 radical (unpaired) electrons. The maximum absolute atomic E-state index is 13.4. The van der Waals surface area contributed by atoms with Crippen molar-refractivity contribution in [2.75, 3.05) is 10.6 Å². The van der Waals surface area contributed by atoms with E-state index < -0.39 is 17.5 Å². The molecule has 0 aliphatic carbocycles. The third kappa shape index (κ3) is 4.37. The van der Waals surface area contributed by atoms with Crippen LogP contribution < -0.4 is 10.6 Å². The van der Waals surface area contributed by atoms with Crippen molar-refractivity contribution in [3.05, 3.63) is 59.7 Å². The smallest absolute Gasteiger partial charge is 0.228 e. The summed E-state index contributed by atoms with van der Waals surface area (Å²) in [5.41, 5.74) is 1.26. The molecule has 4 nitrogen and oxygen atoms in total. The topological polar surface area (TPSA) is 58.2 Å². The van der Waals surface area contributed by atoms with E-state index in [1.807, 2.05) is 0 Å². The molecule has 2 rings (SSSR count). The van der Waals surface area contributed by atoms with Crippen LogP contribution in [0, 0.1) is 11.6 Å². The monoisotopic (exact) mass is 304 g/mol. The van der Waals surface area contributed by atoms with Crippen LogP contribution in [0.2, 0.25) is 0 Å². The van der Waals surface area contributed by atoms with E-state index in [4.69, 9.17) is 0 Å². The van der Waals surface area contributed by atoms with E-state index in [1.54, 1.807) is 24.3 Å². The number of halogens is 2. The van der Waals surface area contributed by atoms with E-state index in [0.717, 1.165) is 6.07 Å². The standard InChI is InChI=1S/C16H14F2N2O2/c1-10(21)19-13-5-2-11(3-6-13)8-16(22)20-15-7-4-12(17)9-14(15)18/h2-7,9H,8H2,1H3,(H,19,21)(H,20,22). The second kappa shape index (κ2) is 6.80. The van der Waals surface area contributed by atoms with E-state index in [-0.39, 0.29) is 18.0 Å². The summed E-state index contributed by atoms with van der Waals surface area (Å²) in [4.78, 5) is 22.7. The Labute approximate surface area is 126 Å². The molecule has 6 heteroatoms. The van der Waals surface area contributed by atoms with Gasteiger partial charge in [-0.05, 0) is 29.8 Å². The molecule has 2 N–H and O–H groups in total. The molecule has 0 heterocycles. The van der Waals surface area contributed by atoms with Crippen LogP contribution in [-0.4, -0.2) is 11.8 Å². The van der Waals surface area contributed by atoms with Crippen LogP contribution in [0.5, 0.6) is 0 Å². The van der Waals surface area contributed by atoms with Gasteiger partial charge in [0, 0.05) is 18.7 Å². The van der Waals surface area contributed by atoms with Crippen molar-refractivity contribution < 1.29 is 18.4 Å². The highest BCUT2D eigenvalue weighted by atomic mass is 19.1. The Hall–Kier alpha value is -2.76. The lowest BCUT2D eigenvalue weighted by Gasteiger charge is -2.07. The van der Waals surface area contributed by atoms with E-state index in [2.05, 4.69) is 10.6 Å². The molecule has 0 saturated heterocycles. The predicted octanol–water partition coefficient (Wildman–Crippen LogP) is 3.10. The SMILES string of the molecule is CC(=O)Nc1ccc(CC(=O)Nc2ccc(F)cc2F)cc1. The van der Waals surface area contributed by atoms with Gasteiger partial charge < -0.3 is 10.6 Å². The van der Waals surface area contributed by atoms with Gasteiger partial charge in [-0.15, -0.1) is 0 Å². The highest BCUT2D eigenvalue weighted by molar-refractivity contribution is 5.92. The molecular formula is C16H14F2N2O2. The van der Waals surface area contributed by atoms with Crippen molar-refractivity contribution in [3.63, 3.8) is 0 Å². The number of hydrogen-bond acceptors (Lipinski definition) is 2. The average Bonchev–Trinajstić information content (AvgIpc) is 2.43. The van der Waals surface area contributed by atoms with Crippen molar-refractivity contribution in [2.24, 2.45) is 0 Å². The molecule has 0 spiro atoms. The quantitative estimate of drug-likeness (QED) is 0.912. The van der Waals surface area contributed by atoms with Gasteiger partial charge in [-0.1, -0.05) is 12.1 Å². The molecule has 114 valence electrons. The lowest BCUT2D eigenvalue weighted by molar-refractivity contribution is -0.116. The van der Waals surface area contributed by atoms with Crippen molar-refractivity contribution in [3.8, 4) is 0 Å². The maximum Gasteiger partial charge on any atom is 0.228 e. The second-order valence-corrected chi connectivity index (χ2v) is 4.73. The fourth-order valence-electron chi connectivity index (χ4n) is 1.88. The predicted molar refractivity (Wildman–Crippen MR) is 79.4 cm³/mol. The van der Waals surface area contributed by atoms with Gasteiger partial charge in [0.05, 0.1) is 12.1 Å². The molecule has 2 aromatic carbocycles. The third-order valence-electron chi connectivity index (χ3n) is 2.84. The number of rotatable bonds is 4. The first-order chi connectivity index (χ1) is 10.4. The van der Waals surface area contributed by atoms with Crippen molar-refractivity contribution in [1.82, 2.24) is 0 Å². The van der Waals surface area contributed by atoms with Crippen molar-refractivity contribution >= 4 is 23.2 Å². The Balaban J connectivity index is 1.98. The number of hydrogen-bond donors (Lipinski definition) is 2. The summed E-state index contributed by atoms with van der Waals surface area (Å²) in [5.74, 6) is -2.13. The van der Waals surface area contributed by atoms with Crippen LogP contribution in [0.1, 0.15) is 12.5 Å². The van der Waals surface area contributed by atoms with Crippen molar-refractivity contribution in [2.45, 2.75) is 13.3 Å². The van der Waals surface area contributed by atoms with E-state index in [1.165, 1.54) is 13.0 Å². The minimum Gasteiger partial charge on any atom is -0.326 e. The molecular weight excluding hydrogens is 290 g/mol. The Morgan fingerprint density at radius 2 is 1.68 bits per heavy atom. The summed E-state index contributed by atoms with van der Waals surface area (Å²) < 4.78 is 26.2. The van der Waals surface area contributed by atoms with Gasteiger partial charge in [0.2, 0.25) is 11.8 Å². The zero-order valence-electron chi connectivity index (χ0n) is 11.8. The first-order valence-corrected chi connectivity index (χ1v) is 6.55. The Morgan fingerprint density at radius 3 is 2.27 bits per heavy atom. The van der Waals surface area contributed by atoms with Crippen molar-refractivity contribution in [1.29, 1.82) is 0 Å². The molecule has 0 fully saturated rings. The number of carbonyl (C=O) groups is 2. The first-order valence-electron chi connectivity index (χ1n) is 6.55. The lowest BCUT2D eigenvalue weighted by Crippen LogP contribution is -2.15. The molecule has 0 unspecified atom stereocenters. The van der Waals surface area contributed by atoms with Gasteiger partial charge in [0.25, 0.3) is 0 Å². The van der Waals surface area contributed by atoms with Gasteiger partial charge in [-0.25, -0.2) is 8.78 Å². The van der Waals surface area contributed by atoms with Crippen LogP contribution in [0.15, 0.2) is 42.5 Å². The zero-order chi connectivity index (χ0) is 16.1. The summed E-state index contributed by atoms with van der Waals surface area (Å²) in [6.07, 6.45) is 0.0389. The lowest BCUT2D eigenvalue weighted by atomic mass is 10.1. The van der Waals surface area contributed by atoms with Gasteiger partial charge in [-0.2, -0.15) is 0 Å². The van der Waals surface area contributed by atoms with E-state index in [9.17, 15) is 18.4 Å². The molecule has 22 heavy (non-hydrogen) atoms. The first kappa shape index (κ1) is 15.6. The van der Waals surface area contributed by atoms with Crippen LogP contribution in [-0.2, 0) is 16.0 Å². The fourth-order valence-corrected chi connectivity index (χ4v) is 1.88. The van der Waals surface area contributed by atoms with E-state index in [0.29, 0.717) is 17.3 Å². The van der Waals surface area contributed by atoms with Gasteiger partial charge >= 0.3 is 0 Å². The maximum atomic E-state index is 13.4. The molecule has 0 aliphatic heterocycles. The summed E-state index contributed by atoms with van der Waals surface area (Å²) >= 11 is 0. The van der Waals surface area contributed by atoms with Gasteiger partial charge in [-0.3, -0.25) is 9.59 Å². The largest absolute Gasteiger partial charge is 0.326 e. The van der Waals surface area contributed by atoms with Crippen LogP contribution >= 0.6 is 0 Å². The normalized spacial score (nSPS) is 10.1. The van der Waals surface area contributed by atoms with Gasteiger partial charge in [0.1, 0.15) is 11.6 Å². The number of nitrogens with one attached hydrogen (secondary N) is 2. The van der Waals surface area contributed by atoms with Gasteiger partial charge in [0.15, 0.2) is 0 Å². The Bertz CT molecular complexity index is 700. The molecule has 2 aromatic rings. The summed E-state index contributed by atoms with van der Waals surface area (Å²) in [7, 11) is 0. The number of carbonyl (C=O) groups excluding carboxylic acids is 2. The summed E-state index contributed by atoms with van der Waals surface area (Å²) in [6.45, 7) is 1.40. The molecule has 0 atom stereocenters. The Kier molecular flexibility index (Phi) is 4.83. The van der Waals surface area contributed by atoms with E-state index >= 15 is 0 Å².